The zero-order valence-electron chi connectivity index (χ0n) is 9.87. The molecule has 7 nitrogen and oxygen atoms in total. The number of hydrogen-bond donors (Lipinski definition) is 2. The summed E-state index contributed by atoms with van der Waals surface area (Å²) in [6.45, 7) is 2.24. The van der Waals surface area contributed by atoms with Crippen molar-refractivity contribution in [3.05, 3.63) is 35.8 Å². The summed E-state index contributed by atoms with van der Waals surface area (Å²) in [6, 6.07) is 3.83. The Morgan fingerprint density at radius 2 is 2.33 bits per heavy atom. The Hall–Kier alpha value is -2.44. The van der Waals surface area contributed by atoms with Gasteiger partial charge in [0.25, 0.3) is 0 Å². The highest BCUT2D eigenvalue weighted by atomic mass is 16.4. The Labute approximate surface area is 103 Å². The number of carboxylic acid groups (broad SMARTS) is 1. The molecule has 0 atom stereocenters. The minimum atomic E-state index is -0.945. The summed E-state index contributed by atoms with van der Waals surface area (Å²) in [6.07, 6.45) is 3.36. The summed E-state index contributed by atoms with van der Waals surface area (Å²) >= 11 is 0. The Morgan fingerprint density at radius 3 is 3.00 bits per heavy atom. The van der Waals surface area contributed by atoms with E-state index in [0.717, 1.165) is 11.4 Å². The van der Waals surface area contributed by atoms with Crippen LogP contribution in [0.2, 0.25) is 0 Å². The average molecular weight is 247 g/mol. The lowest BCUT2D eigenvalue weighted by Gasteiger charge is -2.02. The van der Waals surface area contributed by atoms with Gasteiger partial charge in [-0.25, -0.2) is 9.67 Å². The number of rotatable bonds is 5. The van der Waals surface area contributed by atoms with Crippen LogP contribution in [0.5, 0.6) is 0 Å². The maximum atomic E-state index is 10.5. The van der Waals surface area contributed by atoms with Gasteiger partial charge >= 0.3 is 5.97 Å². The van der Waals surface area contributed by atoms with Crippen LogP contribution in [0, 0.1) is 6.92 Å². The SMILES string of the molecule is Cc1ccc(NCc2cn(CC(=O)O)nn2)nc1. The van der Waals surface area contributed by atoms with E-state index in [1.807, 2.05) is 19.1 Å². The van der Waals surface area contributed by atoms with E-state index in [2.05, 4.69) is 20.6 Å². The Kier molecular flexibility index (Phi) is 3.52. The molecule has 0 aliphatic carbocycles. The van der Waals surface area contributed by atoms with Crippen LogP contribution >= 0.6 is 0 Å². The molecule has 0 amide bonds. The average Bonchev–Trinajstić information content (AvgIpc) is 2.75. The van der Waals surface area contributed by atoms with Crippen LogP contribution in [0.25, 0.3) is 0 Å². The highest BCUT2D eigenvalue weighted by Crippen LogP contribution is 2.05. The summed E-state index contributed by atoms with van der Waals surface area (Å²) in [5, 5.41) is 19.2. The smallest absolute Gasteiger partial charge is 0.325 e. The van der Waals surface area contributed by atoms with Gasteiger partial charge in [-0.2, -0.15) is 0 Å². The number of nitrogens with one attached hydrogen (secondary N) is 1. The second-order valence-corrected chi connectivity index (χ2v) is 3.88. The third-order valence-electron chi connectivity index (χ3n) is 2.25. The molecule has 18 heavy (non-hydrogen) atoms. The molecule has 0 unspecified atom stereocenters. The largest absolute Gasteiger partial charge is 0.480 e. The van der Waals surface area contributed by atoms with Crippen molar-refractivity contribution in [3.63, 3.8) is 0 Å². The van der Waals surface area contributed by atoms with Crippen molar-refractivity contribution in [2.45, 2.75) is 20.0 Å². The number of aryl methyl sites for hydroxylation is 1. The van der Waals surface area contributed by atoms with Crippen molar-refractivity contribution in [3.8, 4) is 0 Å². The van der Waals surface area contributed by atoms with Crippen LogP contribution in [-0.2, 0) is 17.9 Å². The van der Waals surface area contributed by atoms with Gasteiger partial charge < -0.3 is 10.4 Å². The zero-order chi connectivity index (χ0) is 13.0. The summed E-state index contributed by atoms with van der Waals surface area (Å²) in [5.41, 5.74) is 1.76. The molecule has 2 rings (SSSR count). The van der Waals surface area contributed by atoms with Crippen molar-refractivity contribution >= 4 is 11.8 Å². The van der Waals surface area contributed by atoms with E-state index in [4.69, 9.17) is 5.11 Å². The minimum Gasteiger partial charge on any atom is -0.480 e. The molecular formula is C11H13N5O2. The molecule has 2 aromatic heterocycles. The van der Waals surface area contributed by atoms with Crippen LogP contribution in [0.15, 0.2) is 24.5 Å². The number of carbonyl (C=O) groups is 1. The van der Waals surface area contributed by atoms with Gasteiger partial charge in [-0.3, -0.25) is 4.79 Å². The lowest BCUT2D eigenvalue weighted by Crippen LogP contribution is -2.09. The maximum Gasteiger partial charge on any atom is 0.325 e. The molecule has 0 saturated heterocycles. The summed E-state index contributed by atoms with van der Waals surface area (Å²) in [7, 11) is 0. The molecular weight excluding hydrogens is 234 g/mol. The van der Waals surface area contributed by atoms with Crippen LogP contribution in [0.4, 0.5) is 5.82 Å². The molecule has 2 N–H and O–H groups in total. The van der Waals surface area contributed by atoms with Crippen LogP contribution in [0.1, 0.15) is 11.3 Å². The number of anilines is 1. The monoisotopic (exact) mass is 247 g/mol. The summed E-state index contributed by atoms with van der Waals surface area (Å²) in [4.78, 5) is 14.7. The van der Waals surface area contributed by atoms with Gasteiger partial charge in [-0.1, -0.05) is 11.3 Å². The molecule has 94 valence electrons. The van der Waals surface area contributed by atoms with Gasteiger partial charge in [0.2, 0.25) is 0 Å². The Balaban J connectivity index is 1.92. The van der Waals surface area contributed by atoms with Crippen LogP contribution in [-0.4, -0.2) is 31.1 Å². The molecule has 0 saturated carbocycles. The number of aromatic nitrogens is 4. The number of aliphatic carboxylic acids is 1. The second kappa shape index (κ2) is 5.26. The van der Waals surface area contributed by atoms with E-state index in [1.54, 1.807) is 12.4 Å². The van der Waals surface area contributed by atoms with Crippen LogP contribution < -0.4 is 5.32 Å². The number of carboxylic acids is 1. The van der Waals surface area contributed by atoms with Crippen molar-refractivity contribution in [1.29, 1.82) is 0 Å². The molecule has 0 aliphatic heterocycles. The third kappa shape index (κ3) is 3.27. The Morgan fingerprint density at radius 1 is 1.50 bits per heavy atom. The normalized spacial score (nSPS) is 10.3. The number of nitrogens with zero attached hydrogens (tertiary/aromatic N) is 4. The van der Waals surface area contributed by atoms with Gasteiger partial charge in [0.15, 0.2) is 0 Å². The fraction of sp³-hybridized carbons (Fsp3) is 0.273. The Bertz CT molecular complexity index is 535. The molecule has 0 bridgehead atoms. The van der Waals surface area contributed by atoms with Gasteiger partial charge in [0, 0.05) is 6.20 Å². The lowest BCUT2D eigenvalue weighted by molar-refractivity contribution is -0.137. The van der Waals surface area contributed by atoms with E-state index in [1.165, 1.54) is 4.68 Å². The lowest BCUT2D eigenvalue weighted by atomic mass is 10.3. The van der Waals surface area contributed by atoms with Crippen molar-refractivity contribution in [2.75, 3.05) is 5.32 Å². The molecule has 0 aromatic carbocycles. The van der Waals surface area contributed by atoms with E-state index >= 15 is 0 Å². The predicted octanol–water partition coefficient (Wildman–Crippen LogP) is 0.678. The van der Waals surface area contributed by atoms with Crippen molar-refractivity contribution in [1.82, 2.24) is 20.0 Å². The molecule has 0 aliphatic rings. The van der Waals surface area contributed by atoms with Gasteiger partial charge in [0.1, 0.15) is 18.1 Å². The van der Waals surface area contributed by atoms with Crippen molar-refractivity contribution < 1.29 is 9.90 Å². The third-order valence-corrected chi connectivity index (χ3v) is 2.25. The molecule has 7 heteroatoms. The standard InChI is InChI=1S/C11H13N5O2/c1-8-2-3-10(12-4-8)13-5-9-6-16(15-14-9)7-11(17)18/h2-4,6H,5,7H2,1H3,(H,12,13)(H,17,18). The summed E-state index contributed by atoms with van der Waals surface area (Å²) in [5.74, 6) is -0.201. The predicted molar refractivity (Wildman–Crippen MR) is 64.0 cm³/mol. The quantitative estimate of drug-likeness (QED) is 0.807. The topological polar surface area (TPSA) is 92.9 Å². The first kappa shape index (κ1) is 12.0. The van der Waals surface area contributed by atoms with Crippen molar-refractivity contribution in [2.24, 2.45) is 0 Å². The number of hydrogen-bond acceptors (Lipinski definition) is 5. The summed E-state index contributed by atoms with van der Waals surface area (Å²) < 4.78 is 1.28. The zero-order valence-corrected chi connectivity index (χ0v) is 9.87. The van der Waals surface area contributed by atoms with E-state index in [9.17, 15) is 4.79 Å². The van der Waals surface area contributed by atoms with Gasteiger partial charge in [0.05, 0.1) is 12.7 Å². The highest BCUT2D eigenvalue weighted by molar-refractivity contribution is 5.66. The fourth-order valence-electron chi connectivity index (χ4n) is 1.39. The first-order valence-corrected chi connectivity index (χ1v) is 5.41. The molecule has 0 spiro atoms. The maximum absolute atomic E-state index is 10.5. The first-order chi connectivity index (χ1) is 8.63. The highest BCUT2D eigenvalue weighted by Gasteiger charge is 2.04. The van der Waals surface area contributed by atoms with E-state index in [0.29, 0.717) is 12.2 Å². The number of pyridine rings is 1. The first-order valence-electron chi connectivity index (χ1n) is 5.41. The molecule has 0 radical (unpaired) electrons. The van der Waals surface area contributed by atoms with E-state index < -0.39 is 5.97 Å². The van der Waals surface area contributed by atoms with Crippen LogP contribution in [0.3, 0.4) is 0 Å². The molecule has 0 fully saturated rings. The molecule has 2 aromatic rings. The fourth-order valence-corrected chi connectivity index (χ4v) is 1.39. The van der Waals surface area contributed by atoms with Gasteiger partial charge in [-0.05, 0) is 18.6 Å². The van der Waals surface area contributed by atoms with E-state index in [-0.39, 0.29) is 6.54 Å². The van der Waals surface area contributed by atoms with Gasteiger partial charge in [-0.15, -0.1) is 5.10 Å². The minimum absolute atomic E-state index is 0.185. The second-order valence-electron chi connectivity index (χ2n) is 3.88. The molecule has 2 heterocycles.